The first-order valence-corrected chi connectivity index (χ1v) is 10.2. The van der Waals surface area contributed by atoms with Crippen LogP contribution in [0.1, 0.15) is 61.6 Å². The maximum atomic E-state index is 12.7. The van der Waals surface area contributed by atoms with Crippen molar-refractivity contribution < 1.29 is 4.79 Å². The van der Waals surface area contributed by atoms with Crippen molar-refractivity contribution in [2.75, 3.05) is 13.6 Å². The zero-order chi connectivity index (χ0) is 19.7. The van der Waals surface area contributed by atoms with Crippen molar-refractivity contribution >= 4 is 22.5 Å². The third-order valence-corrected chi connectivity index (χ3v) is 5.83. The molecular formula is C21H27N5O2. The number of aromatic nitrogens is 4. The Morgan fingerprint density at radius 3 is 2.93 bits per heavy atom. The van der Waals surface area contributed by atoms with Crippen LogP contribution in [0.5, 0.6) is 0 Å². The Hall–Kier alpha value is -2.54. The fourth-order valence-electron chi connectivity index (χ4n) is 4.27. The second-order valence-corrected chi connectivity index (χ2v) is 7.80. The maximum Gasteiger partial charge on any atom is 0.294 e. The fraction of sp³-hybridized carbons (Fsp3) is 0.524. The summed E-state index contributed by atoms with van der Waals surface area (Å²) < 4.78 is 1.81. The van der Waals surface area contributed by atoms with Crippen LogP contribution in [0.15, 0.2) is 23.0 Å². The fourth-order valence-corrected chi connectivity index (χ4v) is 4.27. The van der Waals surface area contributed by atoms with Gasteiger partial charge in [-0.25, -0.2) is 0 Å². The molecule has 1 aromatic carbocycles. The standard InChI is InChI=1S/C21H27N5O2/c1-3-6-19-23-24-20-21(28)22-16-13-14(10-11-17(16)26(19)20)18(27)9-4-7-15-8-5-12-25(15)2/h10-11,13,15H,3-9,12H2,1-2H3,(H,22,28). The summed E-state index contributed by atoms with van der Waals surface area (Å²) in [5.41, 5.74) is 2.14. The molecule has 4 rings (SSSR count). The monoisotopic (exact) mass is 381 g/mol. The highest BCUT2D eigenvalue weighted by molar-refractivity contribution is 5.99. The topological polar surface area (TPSA) is 83.4 Å². The van der Waals surface area contributed by atoms with E-state index in [0.717, 1.165) is 43.6 Å². The number of nitrogens with one attached hydrogen (secondary N) is 1. The quantitative estimate of drug-likeness (QED) is 0.636. The molecule has 1 fully saturated rings. The van der Waals surface area contributed by atoms with Crippen molar-refractivity contribution in [3.05, 3.63) is 39.9 Å². The van der Waals surface area contributed by atoms with E-state index < -0.39 is 0 Å². The van der Waals surface area contributed by atoms with Crippen LogP contribution < -0.4 is 5.56 Å². The predicted octanol–water partition coefficient (Wildman–Crippen LogP) is 2.97. The molecule has 1 saturated heterocycles. The number of aromatic amines is 1. The highest BCUT2D eigenvalue weighted by atomic mass is 16.1. The zero-order valence-electron chi connectivity index (χ0n) is 16.6. The highest BCUT2D eigenvalue weighted by Crippen LogP contribution is 2.21. The van der Waals surface area contributed by atoms with E-state index >= 15 is 0 Å². The lowest BCUT2D eigenvalue weighted by Gasteiger charge is -2.18. The van der Waals surface area contributed by atoms with Gasteiger partial charge < -0.3 is 9.88 Å². The molecule has 1 aliphatic rings. The molecule has 3 aromatic rings. The Balaban J connectivity index is 1.57. The molecule has 0 amide bonds. The van der Waals surface area contributed by atoms with Gasteiger partial charge in [0.1, 0.15) is 5.82 Å². The smallest absolute Gasteiger partial charge is 0.294 e. The molecule has 0 saturated carbocycles. The molecule has 0 spiro atoms. The Morgan fingerprint density at radius 2 is 2.18 bits per heavy atom. The van der Waals surface area contributed by atoms with E-state index in [-0.39, 0.29) is 11.3 Å². The van der Waals surface area contributed by atoms with Gasteiger partial charge in [-0.15, -0.1) is 10.2 Å². The molecule has 28 heavy (non-hydrogen) atoms. The summed E-state index contributed by atoms with van der Waals surface area (Å²) >= 11 is 0. The number of ketones is 1. The van der Waals surface area contributed by atoms with E-state index in [0.29, 0.717) is 29.2 Å². The number of likely N-dealkylation sites (tertiary alicyclic amines) is 1. The second-order valence-electron chi connectivity index (χ2n) is 7.80. The van der Waals surface area contributed by atoms with Crippen LogP contribution in [-0.2, 0) is 6.42 Å². The molecule has 3 heterocycles. The van der Waals surface area contributed by atoms with Crippen LogP contribution in [0.3, 0.4) is 0 Å². The predicted molar refractivity (Wildman–Crippen MR) is 109 cm³/mol. The molecule has 7 heteroatoms. The minimum atomic E-state index is -0.281. The number of H-pyrrole nitrogens is 1. The summed E-state index contributed by atoms with van der Waals surface area (Å²) in [5.74, 6) is 0.898. The number of carbonyl (C=O) groups excluding carboxylic acids is 1. The summed E-state index contributed by atoms with van der Waals surface area (Å²) in [6.45, 7) is 3.23. The van der Waals surface area contributed by atoms with Crippen LogP contribution in [0.4, 0.5) is 0 Å². The molecule has 0 bridgehead atoms. The molecular weight excluding hydrogens is 354 g/mol. The van der Waals surface area contributed by atoms with Gasteiger partial charge in [0.2, 0.25) is 5.65 Å². The van der Waals surface area contributed by atoms with Crippen molar-refractivity contribution in [3.63, 3.8) is 0 Å². The molecule has 0 radical (unpaired) electrons. The minimum Gasteiger partial charge on any atom is -0.317 e. The molecule has 2 aromatic heterocycles. The molecule has 1 unspecified atom stereocenters. The number of carbonyl (C=O) groups is 1. The SMILES string of the molecule is CCCc1nnc2c(=O)[nH]c3cc(C(=O)CCCC4CCCN4C)ccc3n12. The lowest BCUT2D eigenvalue weighted by Crippen LogP contribution is -2.24. The Bertz CT molecular complexity index is 1070. The number of nitrogens with zero attached hydrogens (tertiary/aromatic N) is 4. The molecule has 0 aliphatic carbocycles. The van der Waals surface area contributed by atoms with Gasteiger partial charge >= 0.3 is 0 Å². The summed E-state index contributed by atoms with van der Waals surface area (Å²) in [6, 6.07) is 6.13. The second kappa shape index (κ2) is 7.83. The van der Waals surface area contributed by atoms with E-state index in [2.05, 4.69) is 34.1 Å². The van der Waals surface area contributed by atoms with Crippen LogP contribution >= 0.6 is 0 Å². The molecule has 1 N–H and O–H groups in total. The Labute approximate surface area is 163 Å². The molecule has 1 atom stereocenters. The number of hydrogen-bond donors (Lipinski definition) is 1. The zero-order valence-corrected chi connectivity index (χ0v) is 16.6. The van der Waals surface area contributed by atoms with Gasteiger partial charge in [-0.2, -0.15) is 0 Å². The number of aryl methyl sites for hydroxylation is 1. The average molecular weight is 381 g/mol. The van der Waals surface area contributed by atoms with Crippen molar-refractivity contribution in [1.29, 1.82) is 0 Å². The summed E-state index contributed by atoms with van der Waals surface area (Å²) in [6.07, 6.45) is 6.65. The normalized spacial score (nSPS) is 17.7. The summed E-state index contributed by atoms with van der Waals surface area (Å²) in [7, 11) is 2.16. The van der Waals surface area contributed by atoms with Crippen molar-refractivity contribution in [3.8, 4) is 0 Å². The van der Waals surface area contributed by atoms with Gasteiger partial charge in [0.05, 0.1) is 11.0 Å². The van der Waals surface area contributed by atoms with Gasteiger partial charge in [0.25, 0.3) is 5.56 Å². The lowest BCUT2D eigenvalue weighted by molar-refractivity contribution is 0.0976. The van der Waals surface area contributed by atoms with E-state index in [1.165, 1.54) is 12.8 Å². The van der Waals surface area contributed by atoms with E-state index in [9.17, 15) is 9.59 Å². The molecule has 148 valence electrons. The molecule has 1 aliphatic heterocycles. The third kappa shape index (κ3) is 3.46. The van der Waals surface area contributed by atoms with E-state index in [1.807, 2.05) is 16.5 Å². The largest absolute Gasteiger partial charge is 0.317 e. The summed E-state index contributed by atoms with van der Waals surface area (Å²) in [5, 5.41) is 8.19. The Kier molecular flexibility index (Phi) is 5.26. The molecule has 7 nitrogen and oxygen atoms in total. The van der Waals surface area contributed by atoms with Crippen LogP contribution in [-0.4, -0.2) is 49.9 Å². The van der Waals surface area contributed by atoms with Crippen molar-refractivity contribution in [2.45, 2.75) is 57.9 Å². The number of Topliss-reactive ketones (excluding diaryl/α,β-unsaturated/α-hetero) is 1. The number of fused-ring (bicyclic) bond motifs is 3. The first-order chi connectivity index (χ1) is 13.6. The van der Waals surface area contributed by atoms with Gasteiger partial charge in [-0.1, -0.05) is 6.92 Å². The average Bonchev–Trinajstić information content (AvgIpc) is 3.29. The number of hydrogen-bond acceptors (Lipinski definition) is 5. The van der Waals surface area contributed by atoms with Crippen LogP contribution in [0.2, 0.25) is 0 Å². The number of benzene rings is 1. The lowest BCUT2D eigenvalue weighted by atomic mass is 10.0. The van der Waals surface area contributed by atoms with Gasteiger partial charge in [0, 0.05) is 24.4 Å². The maximum absolute atomic E-state index is 12.7. The van der Waals surface area contributed by atoms with Crippen LogP contribution in [0, 0.1) is 0 Å². The van der Waals surface area contributed by atoms with Crippen LogP contribution in [0.25, 0.3) is 16.7 Å². The first kappa shape index (κ1) is 18.8. The van der Waals surface area contributed by atoms with E-state index in [1.54, 1.807) is 6.07 Å². The van der Waals surface area contributed by atoms with Gasteiger partial charge in [-0.3, -0.25) is 14.0 Å². The first-order valence-electron chi connectivity index (χ1n) is 10.2. The highest BCUT2D eigenvalue weighted by Gasteiger charge is 2.20. The minimum absolute atomic E-state index is 0.126. The van der Waals surface area contributed by atoms with Crippen molar-refractivity contribution in [1.82, 2.24) is 24.5 Å². The third-order valence-electron chi connectivity index (χ3n) is 5.83. The van der Waals surface area contributed by atoms with Gasteiger partial charge in [0.15, 0.2) is 5.78 Å². The Morgan fingerprint density at radius 1 is 1.32 bits per heavy atom. The summed E-state index contributed by atoms with van der Waals surface area (Å²) in [4.78, 5) is 30.3. The van der Waals surface area contributed by atoms with Gasteiger partial charge in [-0.05, 0) is 63.9 Å². The van der Waals surface area contributed by atoms with Crippen molar-refractivity contribution in [2.24, 2.45) is 0 Å². The number of rotatable bonds is 7. The van der Waals surface area contributed by atoms with E-state index in [4.69, 9.17) is 0 Å².